The van der Waals surface area contributed by atoms with Gasteiger partial charge >= 0.3 is 0 Å². The first kappa shape index (κ1) is 53.6. The normalized spacial score (nSPS) is 12.8. The van der Waals surface area contributed by atoms with Crippen molar-refractivity contribution in [3.63, 3.8) is 0 Å². The van der Waals surface area contributed by atoms with Gasteiger partial charge in [0.25, 0.3) is 0 Å². The lowest BCUT2D eigenvalue weighted by molar-refractivity contribution is -0.119. The molecule has 0 aliphatic carbocycles. The van der Waals surface area contributed by atoms with Gasteiger partial charge in [0.1, 0.15) is 5.78 Å². The highest BCUT2D eigenvalue weighted by atomic mass is 16.3. The van der Waals surface area contributed by atoms with Crippen molar-refractivity contribution in [3.8, 4) is 0 Å². The molecule has 0 fully saturated rings. The molecule has 0 heterocycles. The van der Waals surface area contributed by atoms with Crippen molar-refractivity contribution in [2.24, 2.45) is 0 Å². The Morgan fingerprint density at radius 1 is 0.278 bits per heavy atom. The number of rotatable bonds is 48. The zero-order valence-corrected chi connectivity index (χ0v) is 37.5. The molecule has 324 valence electrons. The molecule has 2 atom stereocenters. The first-order valence-corrected chi connectivity index (χ1v) is 25.5. The summed E-state index contributed by atoms with van der Waals surface area (Å²) in [5, 5.41) is 20.3. The summed E-state index contributed by atoms with van der Waals surface area (Å²) in [5.41, 5.74) is 0. The number of carbonyl (C=O) groups is 1. The minimum Gasteiger partial charge on any atom is -0.393 e. The summed E-state index contributed by atoms with van der Waals surface area (Å²) in [6.45, 7) is 4.29. The van der Waals surface area contributed by atoms with E-state index in [1.54, 1.807) is 0 Å². The maximum atomic E-state index is 11.6. The van der Waals surface area contributed by atoms with Crippen molar-refractivity contribution in [3.05, 3.63) is 0 Å². The van der Waals surface area contributed by atoms with Gasteiger partial charge in [0.2, 0.25) is 0 Å². The molecule has 0 spiro atoms. The Kier molecular flexibility index (Phi) is 46.6. The number of hydrogen-bond donors (Lipinski definition) is 2. The van der Waals surface area contributed by atoms with E-state index >= 15 is 0 Å². The molecular weight excluding hydrogens is 661 g/mol. The van der Waals surface area contributed by atoms with Crippen LogP contribution in [0, 0.1) is 0 Å². The van der Waals surface area contributed by atoms with Crippen molar-refractivity contribution < 1.29 is 15.0 Å². The highest BCUT2D eigenvalue weighted by Gasteiger charge is 2.05. The predicted molar refractivity (Wildman–Crippen MR) is 241 cm³/mol. The van der Waals surface area contributed by atoms with Gasteiger partial charge in [0.05, 0.1) is 12.2 Å². The van der Waals surface area contributed by atoms with Crippen molar-refractivity contribution in [2.45, 2.75) is 321 Å². The topological polar surface area (TPSA) is 57.5 Å². The van der Waals surface area contributed by atoms with Gasteiger partial charge in [-0.2, -0.15) is 0 Å². The van der Waals surface area contributed by atoms with E-state index in [-0.39, 0.29) is 12.2 Å². The van der Waals surface area contributed by atoms with E-state index in [1.807, 2.05) is 0 Å². The van der Waals surface area contributed by atoms with Crippen LogP contribution in [0.25, 0.3) is 0 Å². The van der Waals surface area contributed by atoms with Crippen LogP contribution >= 0.6 is 0 Å². The van der Waals surface area contributed by atoms with Gasteiger partial charge in [0.15, 0.2) is 0 Å². The van der Waals surface area contributed by atoms with Gasteiger partial charge in [-0.05, 0) is 38.5 Å². The third-order valence-corrected chi connectivity index (χ3v) is 12.2. The summed E-state index contributed by atoms with van der Waals surface area (Å²) in [6.07, 6.45) is 59.8. The van der Waals surface area contributed by atoms with Crippen LogP contribution in [0.2, 0.25) is 0 Å². The van der Waals surface area contributed by atoms with E-state index in [9.17, 15) is 15.0 Å². The Morgan fingerprint density at radius 3 is 0.704 bits per heavy atom. The highest BCUT2D eigenvalue weighted by molar-refractivity contribution is 5.78. The summed E-state index contributed by atoms with van der Waals surface area (Å²) in [6, 6.07) is 0. The molecule has 0 saturated heterocycles. The SMILES string of the molecule is CCCCC(O)CCCCCCCCCCC(O)CCCCCCCCCCCCCCCCCCCCCCCCCCCCCCCC(=O)CCC. The summed E-state index contributed by atoms with van der Waals surface area (Å²) in [7, 11) is 0. The third-order valence-electron chi connectivity index (χ3n) is 12.2. The second-order valence-corrected chi connectivity index (χ2v) is 17.9. The maximum Gasteiger partial charge on any atom is 0.132 e. The van der Waals surface area contributed by atoms with Crippen LogP contribution < -0.4 is 0 Å². The first-order valence-electron chi connectivity index (χ1n) is 25.5. The molecule has 0 aromatic heterocycles. The van der Waals surface area contributed by atoms with E-state index < -0.39 is 0 Å². The second-order valence-electron chi connectivity index (χ2n) is 17.9. The minimum absolute atomic E-state index is 0.0641. The zero-order chi connectivity index (χ0) is 39.3. The molecule has 0 aliphatic heterocycles. The van der Waals surface area contributed by atoms with Crippen LogP contribution in [0.1, 0.15) is 309 Å². The number of aliphatic hydroxyl groups excluding tert-OH is 2. The highest BCUT2D eigenvalue weighted by Crippen LogP contribution is 2.19. The molecule has 0 amide bonds. The van der Waals surface area contributed by atoms with Crippen LogP contribution in [0.5, 0.6) is 0 Å². The van der Waals surface area contributed by atoms with Gasteiger partial charge in [-0.3, -0.25) is 4.79 Å². The Morgan fingerprint density at radius 2 is 0.481 bits per heavy atom. The fourth-order valence-electron chi connectivity index (χ4n) is 8.43. The lowest BCUT2D eigenvalue weighted by atomic mass is 10.0. The number of unbranched alkanes of at least 4 members (excludes halogenated alkanes) is 36. The van der Waals surface area contributed by atoms with Crippen molar-refractivity contribution in [2.75, 3.05) is 0 Å². The molecule has 0 radical (unpaired) electrons. The summed E-state index contributed by atoms with van der Waals surface area (Å²) in [5.74, 6) is 0.471. The molecule has 3 nitrogen and oxygen atoms in total. The van der Waals surface area contributed by atoms with Crippen molar-refractivity contribution in [1.82, 2.24) is 0 Å². The molecule has 2 unspecified atom stereocenters. The first-order chi connectivity index (χ1) is 26.6. The van der Waals surface area contributed by atoms with Crippen LogP contribution in [-0.2, 0) is 4.79 Å². The number of aliphatic hydroxyl groups is 2. The van der Waals surface area contributed by atoms with Gasteiger partial charge in [-0.25, -0.2) is 0 Å². The third kappa shape index (κ3) is 46.0. The number of ketones is 1. The summed E-state index contributed by atoms with van der Waals surface area (Å²) >= 11 is 0. The average molecular weight is 763 g/mol. The largest absolute Gasteiger partial charge is 0.393 e. The fourth-order valence-corrected chi connectivity index (χ4v) is 8.43. The van der Waals surface area contributed by atoms with Gasteiger partial charge in [0, 0.05) is 12.8 Å². The predicted octanol–water partition coefficient (Wildman–Crippen LogP) is 17.3. The average Bonchev–Trinajstić information content (AvgIpc) is 3.16. The standard InChI is InChI=1S/C51H102O3/c1-3-5-44-50(53)46-40-36-33-29-30-34-38-42-48-51(54)47-41-37-32-28-26-24-22-20-18-16-14-12-10-8-6-7-9-11-13-15-17-19-21-23-25-27-31-35-39-45-49(52)43-4-2/h50-51,53-54H,3-48H2,1-2H3. The van der Waals surface area contributed by atoms with E-state index in [1.165, 1.54) is 238 Å². The van der Waals surface area contributed by atoms with Crippen LogP contribution in [0.15, 0.2) is 0 Å². The van der Waals surface area contributed by atoms with E-state index in [2.05, 4.69) is 13.8 Å². The Labute approximate surface area is 341 Å². The Balaban J connectivity index is 3.16. The molecule has 0 saturated carbocycles. The molecule has 0 bridgehead atoms. The maximum absolute atomic E-state index is 11.6. The fraction of sp³-hybridized carbons (Fsp3) is 0.980. The van der Waals surface area contributed by atoms with E-state index in [0.29, 0.717) is 5.78 Å². The van der Waals surface area contributed by atoms with Gasteiger partial charge in [-0.1, -0.05) is 258 Å². The van der Waals surface area contributed by atoms with Crippen LogP contribution in [-0.4, -0.2) is 28.2 Å². The van der Waals surface area contributed by atoms with E-state index in [4.69, 9.17) is 0 Å². The number of carbonyl (C=O) groups excluding carboxylic acids is 1. The minimum atomic E-state index is -0.0675. The lowest BCUT2D eigenvalue weighted by Crippen LogP contribution is -2.06. The van der Waals surface area contributed by atoms with Gasteiger partial charge in [-0.15, -0.1) is 0 Å². The molecule has 0 aromatic rings. The summed E-state index contributed by atoms with van der Waals surface area (Å²) < 4.78 is 0. The molecule has 2 N–H and O–H groups in total. The Bertz CT molecular complexity index is 692. The van der Waals surface area contributed by atoms with Crippen molar-refractivity contribution in [1.29, 1.82) is 0 Å². The molecule has 0 rings (SSSR count). The molecule has 0 aliphatic rings. The zero-order valence-electron chi connectivity index (χ0n) is 37.5. The number of Topliss-reactive ketones (excluding diaryl/α,β-unsaturated/α-hetero) is 1. The van der Waals surface area contributed by atoms with E-state index in [0.717, 1.165) is 57.8 Å². The molecular formula is C51H102O3. The van der Waals surface area contributed by atoms with Crippen molar-refractivity contribution >= 4 is 5.78 Å². The number of hydrogen-bond acceptors (Lipinski definition) is 3. The summed E-state index contributed by atoms with van der Waals surface area (Å²) in [4.78, 5) is 11.6. The van der Waals surface area contributed by atoms with Crippen LogP contribution in [0.3, 0.4) is 0 Å². The Hall–Kier alpha value is -0.410. The molecule has 54 heavy (non-hydrogen) atoms. The monoisotopic (exact) mass is 763 g/mol. The molecule has 0 aromatic carbocycles. The smallest absolute Gasteiger partial charge is 0.132 e. The van der Waals surface area contributed by atoms with Crippen LogP contribution in [0.4, 0.5) is 0 Å². The molecule has 3 heteroatoms. The van der Waals surface area contributed by atoms with Gasteiger partial charge < -0.3 is 10.2 Å². The quantitative estimate of drug-likeness (QED) is 0.0607. The second kappa shape index (κ2) is 47.0. The lowest BCUT2D eigenvalue weighted by Gasteiger charge is -2.10.